The monoisotopic (exact) mass is 292 g/mol. The first kappa shape index (κ1) is 13.7. The van der Waals surface area contributed by atoms with E-state index in [9.17, 15) is 9.59 Å². The minimum Gasteiger partial charge on any atom is -0.321 e. The number of carbonyl (C=O) groups excluding carboxylic acids is 1. The summed E-state index contributed by atoms with van der Waals surface area (Å²) in [5.41, 5.74) is 3.68. The second-order valence-corrected chi connectivity index (χ2v) is 4.58. The molecule has 6 heteroatoms. The van der Waals surface area contributed by atoms with Crippen LogP contribution in [0.4, 0.5) is 0 Å². The van der Waals surface area contributed by atoms with Crippen molar-refractivity contribution in [3.8, 4) is 0 Å². The predicted octanol–water partition coefficient (Wildman–Crippen LogP) is 1.69. The average molecular weight is 292 g/mol. The first-order valence-electron chi connectivity index (χ1n) is 6.59. The Morgan fingerprint density at radius 2 is 1.95 bits per heavy atom. The highest BCUT2D eigenvalue weighted by Gasteiger charge is 2.03. The van der Waals surface area contributed by atoms with E-state index in [4.69, 9.17) is 0 Å². The van der Waals surface area contributed by atoms with E-state index in [2.05, 4.69) is 20.5 Å². The summed E-state index contributed by atoms with van der Waals surface area (Å²) < 4.78 is 0. The number of hydrazone groups is 1. The van der Waals surface area contributed by atoms with Gasteiger partial charge in [0.2, 0.25) is 0 Å². The van der Waals surface area contributed by atoms with Gasteiger partial charge in [-0.3, -0.25) is 14.6 Å². The highest BCUT2D eigenvalue weighted by Crippen LogP contribution is 2.08. The summed E-state index contributed by atoms with van der Waals surface area (Å²) in [6.07, 6.45) is 4.36. The number of rotatable bonds is 3. The first-order valence-corrected chi connectivity index (χ1v) is 6.59. The van der Waals surface area contributed by atoms with Gasteiger partial charge in [0.25, 0.3) is 11.5 Å². The minimum atomic E-state index is -0.365. The van der Waals surface area contributed by atoms with Gasteiger partial charge < -0.3 is 4.98 Å². The van der Waals surface area contributed by atoms with Crippen LogP contribution in [0.3, 0.4) is 0 Å². The van der Waals surface area contributed by atoms with E-state index in [-0.39, 0.29) is 11.5 Å². The molecular weight excluding hydrogens is 280 g/mol. The number of hydrogen-bond acceptors (Lipinski definition) is 4. The molecule has 3 aromatic rings. The van der Waals surface area contributed by atoms with E-state index in [0.29, 0.717) is 11.1 Å². The molecule has 2 heterocycles. The Morgan fingerprint density at radius 1 is 1.18 bits per heavy atom. The summed E-state index contributed by atoms with van der Waals surface area (Å²) in [4.78, 5) is 30.3. The smallest absolute Gasteiger partial charge is 0.271 e. The zero-order valence-corrected chi connectivity index (χ0v) is 11.5. The molecule has 0 aliphatic rings. The van der Waals surface area contributed by atoms with Gasteiger partial charge in [0.1, 0.15) is 0 Å². The van der Waals surface area contributed by atoms with Crippen molar-refractivity contribution in [3.63, 3.8) is 0 Å². The van der Waals surface area contributed by atoms with Crippen LogP contribution in [-0.4, -0.2) is 22.1 Å². The van der Waals surface area contributed by atoms with Gasteiger partial charge in [0.15, 0.2) is 0 Å². The van der Waals surface area contributed by atoms with Crippen LogP contribution < -0.4 is 11.0 Å². The molecule has 0 fully saturated rings. The fraction of sp³-hybridized carbons (Fsp3) is 0. The molecule has 1 amide bonds. The van der Waals surface area contributed by atoms with Crippen LogP contribution in [0.2, 0.25) is 0 Å². The maximum Gasteiger partial charge on any atom is 0.271 e. The Kier molecular flexibility index (Phi) is 3.74. The third-order valence-electron chi connectivity index (χ3n) is 3.09. The molecule has 0 saturated heterocycles. The molecule has 0 radical (unpaired) electrons. The molecule has 22 heavy (non-hydrogen) atoms. The van der Waals surface area contributed by atoms with Gasteiger partial charge >= 0.3 is 0 Å². The van der Waals surface area contributed by atoms with Gasteiger partial charge in [-0.1, -0.05) is 18.2 Å². The fourth-order valence-electron chi connectivity index (χ4n) is 1.99. The van der Waals surface area contributed by atoms with Crippen LogP contribution in [0.25, 0.3) is 10.9 Å². The van der Waals surface area contributed by atoms with Gasteiger partial charge in [0, 0.05) is 23.5 Å². The van der Waals surface area contributed by atoms with Crippen molar-refractivity contribution in [1.29, 1.82) is 0 Å². The lowest BCUT2D eigenvalue weighted by molar-refractivity contribution is 0.0955. The molecule has 0 unspecified atom stereocenters. The fourth-order valence-corrected chi connectivity index (χ4v) is 1.99. The van der Waals surface area contributed by atoms with E-state index in [1.165, 1.54) is 18.6 Å². The summed E-state index contributed by atoms with van der Waals surface area (Å²) in [6, 6.07) is 12.3. The first-order chi connectivity index (χ1) is 10.7. The van der Waals surface area contributed by atoms with Crippen molar-refractivity contribution in [2.24, 2.45) is 5.10 Å². The molecular formula is C16H12N4O2. The zero-order chi connectivity index (χ0) is 15.4. The number of para-hydroxylation sites is 1. The second kappa shape index (κ2) is 6.01. The summed E-state index contributed by atoms with van der Waals surface area (Å²) >= 11 is 0. The van der Waals surface area contributed by atoms with Crippen LogP contribution >= 0.6 is 0 Å². The number of fused-ring (bicyclic) bond motifs is 1. The van der Waals surface area contributed by atoms with E-state index < -0.39 is 0 Å². The summed E-state index contributed by atoms with van der Waals surface area (Å²) in [7, 11) is 0. The van der Waals surface area contributed by atoms with Gasteiger partial charge in [0.05, 0.1) is 11.8 Å². The maximum atomic E-state index is 11.9. The van der Waals surface area contributed by atoms with Crippen molar-refractivity contribution in [1.82, 2.24) is 15.4 Å². The SMILES string of the molecule is O=C(N/N=C\c1cc2ccccc2[nH]c1=O)c1ccncc1. The van der Waals surface area contributed by atoms with Crippen molar-refractivity contribution < 1.29 is 4.79 Å². The standard InChI is InChI=1S/C16H12N4O2/c21-15-13(9-12-3-1-2-4-14(12)19-15)10-18-20-16(22)11-5-7-17-8-6-11/h1-10H,(H,19,21)(H,20,22)/b18-10-. The number of nitrogens with one attached hydrogen (secondary N) is 2. The van der Waals surface area contributed by atoms with Gasteiger partial charge in [-0.15, -0.1) is 0 Å². The molecule has 0 spiro atoms. The van der Waals surface area contributed by atoms with Crippen LogP contribution in [-0.2, 0) is 0 Å². The van der Waals surface area contributed by atoms with E-state index in [0.717, 1.165) is 10.9 Å². The molecule has 0 aliphatic carbocycles. The lowest BCUT2D eigenvalue weighted by Gasteiger charge is -2.00. The zero-order valence-electron chi connectivity index (χ0n) is 11.5. The number of aromatic nitrogens is 2. The van der Waals surface area contributed by atoms with Crippen molar-refractivity contribution >= 4 is 23.0 Å². The van der Waals surface area contributed by atoms with Gasteiger partial charge in [-0.25, -0.2) is 5.43 Å². The van der Waals surface area contributed by atoms with E-state index >= 15 is 0 Å². The Balaban J connectivity index is 1.80. The third-order valence-corrected chi connectivity index (χ3v) is 3.09. The van der Waals surface area contributed by atoms with Crippen LogP contribution in [0.5, 0.6) is 0 Å². The minimum absolute atomic E-state index is 0.263. The molecule has 0 saturated carbocycles. The van der Waals surface area contributed by atoms with Crippen LogP contribution in [0.15, 0.2) is 64.8 Å². The maximum absolute atomic E-state index is 11.9. The summed E-state index contributed by atoms with van der Waals surface area (Å²) in [5, 5.41) is 4.71. The lowest BCUT2D eigenvalue weighted by Crippen LogP contribution is -2.19. The number of amides is 1. The number of benzene rings is 1. The van der Waals surface area contributed by atoms with Crippen molar-refractivity contribution in [2.75, 3.05) is 0 Å². The largest absolute Gasteiger partial charge is 0.321 e. The number of hydrogen-bond donors (Lipinski definition) is 2. The van der Waals surface area contributed by atoms with Crippen molar-refractivity contribution in [3.05, 3.63) is 76.3 Å². The molecule has 6 nitrogen and oxygen atoms in total. The molecule has 0 bridgehead atoms. The Labute approximate surface area is 125 Å². The van der Waals surface area contributed by atoms with Crippen LogP contribution in [0.1, 0.15) is 15.9 Å². The third kappa shape index (κ3) is 2.90. The number of H-pyrrole nitrogens is 1. The number of nitrogens with zero attached hydrogens (tertiary/aromatic N) is 2. The Bertz CT molecular complexity index is 901. The predicted molar refractivity (Wildman–Crippen MR) is 83.9 cm³/mol. The summed E-state index contributed by atoms with van der Waals surface area (Å²) in [6.45, 7) is 0. The van der Waals surface area contributed by atoms with Crippen molar-refractivity contribution in [2.45, 2.75) is 0 Å². The molecule has 2 N–H and O–H groups in total. The highest BCUT2D eigenvalue weighted by molar-refractivity contribution is 5.95. The van der Waals surface area contributed by atoms with Gasteiger partial charge in [-0.05, 0) is 29.7 Å². The van der Waals surface area contributed by atoms with E-state index in [1.54, 1.807) is 18.2 Å². The topological polar surface area (TPSA) is 87.2 Å². The van der Waals surface area contributed by atoms with Gasteiger partial charge in [-0.2, -0.15) is 5.10 Å². The Morgan fingerprint density at radius 3 is 2.77 bits per heavy atom. The molecule has 1 aromatic carbocycles. The lowest BCUT2D eigenvalue weighted by atomic mass is 10.2. The quantitative estimate of drug-likeness (QED) is 0.569. The number of pyridine rings is 2. The highest BCUT2D eigenvalue weighted by atomic mass is 16.2. The summed E-state index contributed by atoms with van der Waals surface area (Å²) in [5.74, 6) is -0.365. The molecule has 0 atom stereocenters. The molecule has 3 rings (SSSR count). The second-order valence-electron chi connectivity index (χ2n) is 4.58. The normalized spacial score (nSPS) is 10.9. The average Bonchev–Trinajstić information content (AvgIpc) is 2.56. The number of aromatic amines is 1. The van der Waals surface area contributed by atoms with Crippen LogP contribution in [0, 0.1) is 0 Å². The number of carbonyl (C=O) groups is 1. The molecule has 2 aromatic heterocycles. The molecule has 0 aliphatic heterocycles. The Hall–Kier alpha value is -3.28. The van der Waals surface area contributed by atoms with E-state index in [1.807, 2.05) is 24.3 Å². The molecule has 108 valence electrons.